The van der Waals surface area contributed by atoms with Crippen LogP contribution in [0.3, 0.4) is 0 Å². The Kier molecular flexibility index (Phi) is 1.92. The first-order chi connectivity index (χ1) is 6.63. The minimum atomic E-state index is -0.403. The van der Waals surface area contributed by atoms with E-state index in [-0.39, 0.29) is 0 Å². The van der Waals surface area contributed by atoms with Crippen molar-refractivity contribution in [3.63, 3.8) is 0 Å². The number of carbonyl (C=O) groups is 1. The average molecular weight is 187 g/mol. The van der Waals surface area contributed by atoms with E-state index in [9.17, 15) is 4.79 Å². The van der Waals surface area contributed by atoms with E-state index in [2.05, 4.69) is 4.98 Å². The Balaban J connectivity index is 2.59. The quantitative estimate of drug-likeness (QED) is 0.720. The van der Waals surface area contributed by atoms with E-state index < -0.39 is 5.41 Å². The van der Waals surface area contributed by atoms with Crippen LogP contribution in [0.5, 0.6) is 0 Å². The SMILES string of the molecule is CC(C)(C=O)c1ccc2cc[nH]c2c1. The first kappa shape index (κ1) is 9.00. The summed E-state index contributed by atoms with van der Waals surface area (Å²) in [6, 6.07) is 8.09. The Bertz CT molecular complexity index is 468. The predicted molar refractivity (Wildman–Crippen MR) is 57.4 cm³/mol. The first-order valence-electron chi connectivity index (χ1n) is 4.67. The summed E-state index contributed by atoms with van der Waals surface area (Å²) in [5.41, 5.74) is 1.72. The van der Waals surface area contributed by atoms with Crippen LogP contribution in [0.4, 0.5) is 0 Å². The van der Waals surface area contributed by atoms with Crippen LogP contribution >= 0.6 is 0 Å². The predicted octanol–water partition coefficient (Wildman–Crippen LogP) is 2.64. The summed E-state index contributed by atoms with van der Waals surface area (Å²) >= 11 is 0. The topological polar surface area (TPSA) is 32.9 Å². The molecule has 14 heavy (non-hydrogen) atoms. The molecule has 0 bridgehead atoms. The van der Waals surface area contributed by atoms with Crippen molar-refractivity contribution in [2.45, 2.75) is 19.3 Å². The van der Waals surface area contributed by atoms with Crippen molar-refractivity contribution in [1.29, 1.82) is 0 Å². The van der Waals surface area contributed by atoms with Gasteiger partial charge in [0.1, 0.15) is 6.29 Å². The lowest BCUT2D eigenvalue weighted by Gasteiger charge is -2.17. The highest BCUT2D eigenvalue weighted by atomic mass is 16.1. The molecule has 0 fully saturated rings. The highest BCUT2D eigenvalue weighted by Gasteiger charge is 2.19. The van der Waals surface area contributed by atoms with Crippen molar-refractivity contribution in [2.24, 2.45) is 0 Å². The van der Waals surface area contributed by atoms with Crippen molar-refractivity contribution < 1.29 is 4.79 Å². The highest BCUT2D eigenvalue weighted by Crippen LogP contribution is 2.24. The second-order valence-corrected chi connectivity index (χ2v) is 4.12. The molecular weight excluding hydrogens is 174 g/mol. The number of hydrogen-bond acceptors (Lipinski definition) is 1. The van der Waals surface area contributed by atoms with Gasteiger partial charge in [-0.1, -0.05) is 12.1 Å². The van der Waals surface area contributed by atoms with Crippen molar-refractivity contribution >= 4 is 17.2 Å². The van der Waals surface area contributed by atoms with Crippen molar-refractivity contribution in [2.75, 3.05) is 0 Å². The molecule has 0 aliphatic carbocycles. The Morgan fingerprint density at radius 2 is 2.07 bits per heavy atom. The van der Waals surface area contributed by atoms with Gasteiger partial charge in [-0.25, -0.2) is 0 Å². The normalized spacial score (nSPS) is 11.9. The molecule has 0 saturated heterocycles. The van der Waals surface area contributed by atoms with Crippen molar-refractivity contribution in [3.05, 3.63) is 36.0 Å². The zero-order chi connectivity index (χ0) is 10.2. The fraction of sp³-hybridized carbons (Fsp3) is 0.250. The second kappa shape index (κ2) is 2.98. The largest absolute Gasteiger partial charge is 0.361 e. The van der Waals surface area contributed by atoms with Crippen molar-refractivity contribution in [3.8, 4) is 0 Å². The molecule has 2 nitrogen and oxygen atoms in total. The van der Waals surface area contributed by atoms with Gasteiger partial charge < -0.3 is 9.78 Å². The third-order valence-corrected chi connectivity index (χ3v) is 2.59. The number of carbonyl (C=O) groups excluding carboxylic acids is 1. The zero-order valence-electron chi connectivity index (χ0n) is 8.37. The standard InChI is InChI=1S/C12H13NO/c1-12(2,8-14)10-4-3-9-5-6-13-11(9)7-10/h3-8,13H,1-2H3. The number of nitrogens with one attached hydrogen (secondary N) is 1. The summed E-state index contributed by atoms with van der Waals surface area (Å²) in [5.74, 6) is 0. The van der Waals surface area contributed by atoms with Gasteiger partial charge in [0.15, 0.2) is 0 Å². The van der Waals surface area contributed by atoms with Gasteiger partial charge in [0, 0.05) is 17.1 Å². The number of H-pyrrole nitrogens is 1. The monoisotopic (exact) mass is 187 g/mol. The summed E-state index contributed by atoms with van der Waals surface area (Å²) in [6.45, 7) is 3.84. The molecule has 0 unspecified atom stereocenters. The number of aldehydes is 1. The molecule has 2 heteroatoms. The van der Waals surface area contributed by atoms with E-state index >= 15 is 0 Å². The van der Waals surface area contributed by atoms with Crippen LogP contribution in [-0.4, -0.2) is 11.3 Å². The molecule has 2 rings (SSSR count). The molecule has 0 aliphatic rings. The molecule has 1 heterocycles. The van der Waals surface area contributed by atoms with E-state index in [1.165, 1.54) is 5.39 Å². The summed E-state index contributed by atoms with van der Waals surface area (Å²) in [5, 5.41) is 1.18. The molecule has 0 radical (unpaired) electrons. The lowest BCUT2D eigenvalue weighted by molar-refractivity contribution is -0.111. The number of aromatic amines is 1. The lowest BCUT2D eigenvalue weighted by Crippen LogP contribution is -2.18. The molecular formula is C12H13NO. The molecule has 0 atom stereocenters. The number of benzene rings is 1. The van der Waals surface area contributed by atoms with Crippen LogP contribution in [0.25, 0.3) is 10.9 Å². The Morgan fingerprint density at radius 1 is 1.29 bits per heavy atom. The number of hydrogen-bond donors (Lipinski definition) is 1. The fourth-order valence-corrected chi connectivity index (χ4v) is 1.52. The second-order valence-electron chi connectivity index (χ2n) is 4.12. The van der Waals surface area contributed by atoms with Gasteiger partial charge >= 0.3 is 0 Å². The summed E-state index contributed by atoms with van der Waals surface area (Å²) in [4.78, 5) is 14.0. The Hall–Kier alpha value is -1.57. The fourth-order valence-electron chi connectivity index (χ4n) is 1.52. The molecule has 1 aromatic carbocycles. The van der Waals surface area contributed by atoms with E-state index in [0.29, 0.717) is 0 Å². The average Bonchev–Trinajstić information content (AvgIpc) is 2.64. The number of fused-ring (bicyclic) bond motifs is 1. The van der Waals surface area contributed by atoms with Gasteiger partial charge in [-0.15, -0.1) is 0 Å². The molecule has 1 aromatic heterocycles. The maximum atomic E-state index is 10.9. The Morgan fingerprint density at radius 3 is 2.79 bits per heavy atom. The Labute approximate surface area is 82.9 Å². The maximum absolute atomic E-state index is 10.9. The van der Waals surface area contributed by atoms with Gasteiger partial charge in [-0.3, -0.25) is 0 Å². The molecule has 0 spiro atoms. The molecule has 0 aliphatic heterocycles. The minimum Gasteiger partial charge on any atom is -0.361 e. The van der Waals surface area contributed by atoms with Gasteiger partial charge in [0.2, 0.25) is 0 Å². The zero-order valence-corrected chi connectivity index (χ0v) is 8.37. The maximum Gasteiger partial charge on any atom is 0.129 e. The third-order valence-electron chi connectivity index (χ3n) is 2.59. The molecule has 72 valence electrons. The molecule has 1 N–H and O–H groups in total. The van der Waals surface area contributed by atoms with Crippen molar-refractivity contribution in [1.82, 2.24) is 4.98 Å². The van der Waals surface area contributed by atoms with Crippen LogP contribution in [0.1, 0.15) is 19.4 Å². The highest BCUT2D eigenvalue weighted by molar-refractivity contribution is 5.81. The first-order valence-corrected chi connectivity index (χ1v) is 4.67. The van der Waals surface area contributed by atoms with Crippen LogP contribution in [0, 0.1) is 0 Å². The van der Waals surface area contributed by atoms with Crippen LogP contribution in [-0.2, 0) is 10.2 Å². The van der Waals surface area contributed by atoms with Gasteiger partial charge in [-0.05, 0) is 36.9 Å². The summed E-state index contributed by atoms with van der Waals surface area (Å²) in [7, 11) is 0. The molecule has 0 amide bonds. The van der Waals surface area contributed by atoms with Gasteiger partial charge in [0.25, 0.3) is 0 Å². The lowest BCUT2D eigenvalue weighted by atomic mass is 9.86. The van der Waals surface area contributed by atoms with Gasteiger partial charge in [0.05, 0.1) is 0 Å². The van der Waals surface area contributed by atoms with E-state index in [1.807, 2.05) is 44.3 Å². The van der Waals surface area contributed by atoms with E-state index in [0.717, 1.165) is 17.4 Å². The van der Waals surface area contributed by atoms with Gasteiger partial charge in [-0.2, -0.15) is 0 Å². The van der Waals surface area contributed by atoms with E-state index in [4.69, 9.17) is 0 Å². The number of aromatic nitrogens is 1. The van der Waals surface area contributed by atoms with Crippen LogP contribution in [0.15, 0.2) is 30.5 Å². The third kappa shape index (κ3) is 1.33. The summed E-state index contributed by atoms with van der Waals surface area (Å²) in [6.07, 6.45) is 2.89. The van der Waals surface area contributed by atoms with Crippen LogP contribution in [0.2, 0.25) is 0 Å². The van der Waals surface area contributed by atoms with E-state index in [1.54, 1.807) is 0 Å². The van der Waals surface area contributed by atoms with Crippen LogP contribution < -0.4 is 0 Å². The smallest absolute Gasteiger partial charge is 0.129 e. The minimum absolute atomic E-state index is 0.403. The summed E-state index contributed by atoms with van der Waals surface area (Å²) < 4.78 is 0. The number of rotatable bonds is 2. The molecule has 0 saturated carbocycles. The molecule has 2 aromatic rings.